The Kier molecular flexibility index (Phi) is 2.42. The summed E-state index contributed by atoms with van der Waals surface area (Å²) in [5.41, 5.74) is -0.471. The van der Waals surface area contributed by atoms with Crippen LogP contribution in [0.2, 0.25) is 0 Å². The van der Waals surface area contributed by atoms with Crippen molar-refractivity contribution in [2.45, 2.75) is 6.43 Å². The van der Waals surface area contributed by atoms with E-state index in [0.717, 1.165) is 12.3 Å². The maximum absolute atomic E-state index is 12.1. The topological polar surface area (TPSA) is 42.4 Å². The summed E-state index contributed by atoms with van der Waals surface area (Å²) in [6.45, 7) is 0. The number of halogens is 2. The Bertz CT molecular complexity index is 278. The lowest BCUT2D eigenvalue weighted by molar-refractivity contribution is 0.146. The van der Waals surface area contributed by atoms with E-state index in [0.29, 0.717) is 0 Å². The molecule has 5 heteroatoms. The molecule has 0 aromatic carbocycles. The van der Waals surface area contributed by atoms with Gasteiger partial charge in [0.15, 0.2) is 5.75 Å². The van der Waals surface area contributed by atoms with Crippen LogP contribution >= 0.6 is 0 Å². The fourth-order valence-electron chi connectivity index (χ4n) is 0.774. The van der Waals surface area contributed by atoms with Gasteiger partial charge in [-0.25, -0.2) is 13.8 Å². The molecule has 1 N–H and O–H groups in total. The predicted octanol–water partition coefficient (Wildman–Crippen LogP) is 1.73. The number of aromatic hydroxyl groups is 1. The number of hydrogen-bond donors (Lipinski definition) is 1. The summed E-state index contributed by atoms with van der Waals surface area (Å²) in [5, 5.41) is 9.09. The number of nitrogens with zero attached hydrogens (tertiary/aromatic N) is 1. The van der Waals surface area contributed by atoms with Crippen LogP contribution in [0.25, 0.3) is 0 Å². The summed E-state index contributed by atoms with van der Waals surface area (Å²) in [4.78, 5) is 3.53. The van der Waals surface area contributed by atoms with E-state index in [2.05, 4.69) is 9.72 Å². The highest BCUT2D eigenvalue weighted by atomic mass is 19.3. The first-order valence-electron chi connectivity index (χ1n) is 3.16. The zero-order valence-electron chi connectivity index (χ0n) is 6.29. The van der Waals surface area contributed by atoms with Gasteiger partial charge < -0.3 is 9.84 Å². The fraction of sp³-hybridized carbons (Fsp3) is 0.286. The quantitative estimate of drug-likeness (QED) is 0.744. The number of ether oxygens (including phenoxy) is 1. The second kappa shape index (κ2) is 3.34. The minimum atomic E-state index is -2.72. The van der Waals surface area contributed by atoms with Crippen molar-refractivity contribution in [3.63, 3.8) is 0 Å². The lowest BCUT2D eigenvalue weighted by atomic mass is 10.2. The molecule has 0 aliphatic rings. The molecule has 0 bridgehead atoms. The van der Waals surface area contributed by atoms with Gasteiger partial charge in [0, 0.05) is 6.20 Å². The molecule has 0 spiro atoms. The molecule has 1 rings (SSSR count). The van der Waals surface area contributed by atoms with Gasteiger partial charge in [-0.05, 0) is 6.07 Å². The molecular formula is C7H7F2NO2. The minimum absolute atomic E-state index is 0.187. The van der Waals surface area contributed by atoms with E-state index in [4.69, 9.17) is 5.11 Å². The zero-order chi connectivity index (χ0) is 9.14. The summed E-state index contributed by atoms with van der Waals surface area (Å²) < 4.78 is 28.7. The molecule has 0 atom stereocenters. The standard InChI is InChI=1S/C7H7F2NO2/c1-12-7-5(11)4(6(8)9)2-3-10-7/h2-3,6,11H,1H3. The molecule has 0 amide bonds. The van der Waals surface area contributed by atoms with Crippen molar-refractivity contribution in [3.8, 4) is 11.6 Å². The molecule has 0 aliphatic carbocycles. The van der Waals surface area contributed by atoms with Crippen molar-refractivity contribution < 1.29 is 18.6 Å². The number of methoxy groups -OCH3 is 1. The van der Waals surface area contributed by atoms with Crippen molar-refractivity contribution in [3.05, 3.63) is 17.8 Å². The lowest BCUT2D eigenvalue weighted by Crippen LogP contribution is -1.92. The maximum atomic E-state index is 12.1. The second-order valence-electron chi connectivity index (χ2n) is 2.06. The first-order chi connectivity index (χ1) is 5.66. The molecule has 66 valence electrons. The van der Waals surface area contributed by atoms with Crippen LogP contribution in [0.5, 0.6) is 11.6 Å². The molecule has 3 nitrogen and oxygen atoms in total. The molecular weight excluding hydrogens is 168 g/mol. The van der Waals surface area contributed by atoms with Crippen LogP contribution in [0.3, 0.4) is 0 Å². The lowest BCUT2D eigenvalue weighted by Gasteiger charge is -2.05. The van der Waals surface area contributed by atoms with E-state index in [1.165, 1.54) is 7.11 Å². The van der Waals surface area contributed by atoms with E-state index < -0.39 is 17.7 Å². The van der Waals surface area contributed by atoms with Crippen molar-refractivity contribution in [2.24, 2.45) is 0 Å². The van der Waals surface area contributed by atoms with E-state index in [9.17, 15) is 8.78 Å². The molecule has 0 radical (unpaired) electrons. The molecule has 1 heterocycles. The molecule has 0 saturated heterocycles. The monoisotopic (exact) mass is 175 g/mol. The Morgan fingerprint density at radius 2 is 2.25 bits per heavy atom. The van der Waals surface area contributed by atoms with Gasteiger partial charge in [-0.1, -0.05) is 0 Å². The van der Waals surface area contributed by atoms with Crippen LogP contribution in [0.1, 0.15) is 12.0 Å². The van der Waals surface area contributed by atoms with Crippen molar-refractivity contribution >= 4 is 0 Å². The third kappa shape index (κ3) is 1.44. The number of alkyl halides is 2. The molecule has 1 aromatic heterocycles. The van der Waals surface area contributed by atoms with Gasteiger partial charge in [0.2, 0.25) is 0 Å². The van der Waals surface area contributed by atoms with Crippen molar-refractivity contribution in [1.82, 2.24) is 4.98 Å². The third-order valence-electron chi connectivity index (χ3n) is 1.35. The Labute approximate surface area is 67.6 Å². The summed E-state index contributed by atoms with van der Waals surface area (Å²) in [5.74, 6) is -0.789. The average molecular weight is 175 g/mol. The predicted molar refractivity (Wildman–Crippen MR) is 37.4 cm³/mol. The first kappa shape index (κ1) is 8.70. The third-order valence-corrected chi connectivity index (χ3v) is 1.35. The molecule has 0 unspecified atom stereocenters. The van der Waals surface area contributed by atoms with Crippen molar-refractivity contribution in [2.75, 3.05) is 7.11 Å². The molecule has 1 aromatic rings. The summed E-state index contributed by atoms with van der Waals surface area (Å²) in [6, 6.07) is 1.04. The van der Waals surface area contributed by atoms with Crippen LogP contribution in [0, 0.1) is 0 Å². The molecule has 0 aliphatic heterocycles. The molecule has 0 fully saturated rings. The number of aromatic nitrogens is 1. The van der Waals surface area contributed by atoms with E-state index in [1.807, 2.05) is 0 Å². The summed E-state index contributed by atoms with van der Waals surface area (Å²) in [7, 11) is 1.25. The minimum Gasteiger partial charge on any atom is -0.503 e. The van der Waals surface area contributed by atoms with Crippen LogP contribution in [-0.2, 0) is 0 Å². The maximum Gasteiger partial charge on any atom is 0.267 e. The van der Waals surface area contributed by atoms with Gasteiger partial charge in [0.25, 0.3) is 12.3 Å². The number of rotatable bonds is 2. The van der Waals surface area contributed by atoms with E-state index in [-0.39, 0.29) is 5.88 Å². The van der Waals surface area contributed by atoms with Gasteiger partial charge in [-0.15, -0.1) is 0 Å². The van der Waals surface area contributed by atoms with Crippen LogP contribution in [-0.4, -0.2) is 17.2 Å². The molecule has 12 heavy (non-hydrogen) atoms. The summed E-state index contributed by atoms with van der Waals surface area (Å²) >= 11 is 0. The Balaban J connectivity index is 3.14. The average Bonchev–Trinajstić information content (AvgIpc) is 2.04. The normalized spacial score (nSPS) is 10.3. The van der Waals surface area contributed by atoms with E-state index in [1.54, 1.807) is 0 Å². The highest BCUT2D eigenvalue weighted by molar-refractivity contribution is 5.40. The summed E-state index contributed by atoms with van der Waals surface area (Å²) in [6.07, 6.45) is -1.57. The first-order valence-corrected chi connectivity index (χ1v) is 3.16. The Hall–Kier alpha value is -1.39. The Morgan fingerprint density at radius 1 is 1.58 bits per heavy atom. The zero-order valence-corrected chi connectivity index (χ0v) is 6.29. The van der Waals surface area contributed by atoms with Gasteiger partial charge in [-0.3, -0.25) is 0 Å². The van der Waals surface area contributed by atoms with Crippen LogP contribution in [0.4, 0.5) is 8.78 Å². The SMILES string of the molecule is COc1nccc(C(F)F)c1O. The highest BCUT2D eigenvalue weighted by Gasteiger charge is 2.16. The van der Waals surface area contributed by atoms with Gasteiger partial charge in [-0.2, -0.15) is 0 Å². The van der Waals surface area contributed by atoms with Gasteiger partial charge >= 0.3 is 0 Å². The number of hydrogen-bond acceptors (Lipinski definition) is 3. The second-order valence-corrected chi connectivity index (χ2v) is 2.06. The van der Waals surface area contributed by atoms with Gasteiger partial charge in [0.1, 0.15) is 0 Å². The van der Waals surface area contributed by atoms with Crippen LogP contribution < -0.4 is 4.74 Å². The largest absolute Gasteiger partial charge is 0.503 e. The highest BCUT2D eigenvalue weighted by Crippen LogP contribution is 2.33. The van der Waals surface area contributed by atoms with Crippen molar-refractivity contribution in [1.29, 1.82) is 0 Å². The van der Waals surface area contributed by atoms with E-state index >= 15 is 0 Å². The van der Waals surface area contributed by atoms with Crippen LogP contribution in [0.15, 0.2) is 12.3 Å². The fourth-order valence-corrected chi connectivity index (χ4v) is 0.774. The Morgan fingerprint density at radius 3 is 2.75 bits per heavy atom. The smallest absolute Gasteiger partial charge is 0.267 e. The number of pyridine rings is 1. The van der Waals surface area contributed by atoms with Gasteiger partial charge in [0.05, 0.1) is 12.7 Å². The molecule has 0 saturated carbocycles.